The second-order valence-corrected chi connectivity index (χ2v) is 9.99. The number of nitrogens with one attached hydrogen (secondary N) is 2. The predicted octanol–water partition coefficient (Wildman–Crippen LogP) is 5.57. The number of anilines is 1. The number of alkyl halides is 6. The lowest BCUT2D eigenvalue weighted by Gasteiger charge is -2.20. The molecule has 2 N–H and O–H groups in total. The molecule has 0 radical (unpaired) electrons. The van der Waals surface area contributed by atoms with E-state index < -0.39 is 51.1 Å². The van der Waals surface area contributed by atoms with E-state index in [4.69, 9.17) is 4.74 Å². The van der Waals surface area contributed by atoms with E-state index in [0.29, 0.717) is 29.0 Å². The number of sulfonamides is 1. The fourth-order valence-electron chi connectivity index (χ4n) is 3.57. The lowest BCUT2D eigenvalue weighted by molar-refractivity contribution is -0.143. The maximum atomic E-state index is 13.2. The number of carbonyl (C=O) groups excluding carboxylic acids is 1. The number of hydrogen-bond donors (Lipinski definition) is 2. The van der Waals surface area contributed by atoms with Crippen molar-refractivity contribution in [1.29, 1.82) is 0 Å². The highest BCUT2D eigenvalue weighted by atomic mass is 32.2. The van der Waals surface area contributed by atoms with Crippen molar-refractivity contribution in [3.8, 4) is 5.75 Å². The van der Waals surface area contributed by atoms with Crippen LogP contribution in [0.5, 0.6) is 5.75 Å². The number of benzene rings is 3. The Kier molecular flexibility index (Phi) is 8.42. The average Bonchev–Trinajstić information content (AvgIpc) is 2.82. The molecule has 0 spiro atoms. The zero-order valence-electron chi connectivity index (χ0n) is 19.9. The van der Waals surface area contributed by atoms with Crippen LogP contribution in [0.2, 0.25) is 0 Å². The van der Waals surface area contributed by atoms with E-state index in [2.05, 4.69) is 4.72 Å². The number of carbonyl (C=O) groups is 1. The molecule has 3 aromatic carbocycles. The fraction of sp³-hybridized carbons (Fsp3) is 0.240. The van der Waals surface area contributed by atoms with E-state index in [0.717, 1.165) is 0 Å². The van der Waals surface area contributed by atoms with Gasteiger partial charge in [0.15, 0.2) is 0 Å². The third kappa shape index (κ3) is 7.25. The zero-order chi connectivity index (χ0) is 28.3. The zero-order valence-corrected chi connectivity index (χ0v) is 20.8. The molecule has 0 heterocycles. The molecule has 0 bridgehead atoms. The monoisotopic (exact) mass is 560 g/mol. The Balaban J connectivity index is 1.98. The lowest BCUT2D eigenvalue weighted by atomic mass is 10.1. The molecule has 1 unspecified atom stereocenters. The minimum absolute atomic E-state index is 0.0776. The highest BCUT2D eigenvalue weighted by molar-refractivity contribution is 7.89. The summed E-state index contributed by atoms with van der Waals surface area (Å²) in [6.07, 6.45) is -10.5. The van der Waals surface area contributed by atoms with E-state index in [1.807, 2.05) is 5.32 Å². The van der Waals surface area contributed by atoms with Gasteiger partial charge in [-0.05, 0) is 60.9 Å². The molecule has 0 aromatic heterocycles. The quantitative estimate of drug-likeness (QED) is 0.353. The van der Waals surface area contributed by atoms with E-state index in [1.165, 1.54) is 25.3 Å². The van der Waals surface area contributed by atoms with Crippen molar-refractivity contribution in [2.75, 3.05) is 12.4 Å². The Morgan fingerprint density at radius 1 is 0.895 bits per heavy atom. The fourth-order valence-corrected chi connectivity index (χ4v) is 4.85. The summed E-state index contributed by atoms with van der Waals surface area (Å²) >= 11 is 0. The molecule has 0 fully saturated rings. The van der Waals surface area contributed by atoms with Gasteiger partial charge in [-0.3, -0.25) is 4.79 Å². The predicted molar refractivity (Wildman–Crippen MR) is 127 cm³/mol. The molecule has 0 saturated heterocycles. The topological polar surface area (TPSA) is 84.5 Å². The first-order chi connectivity index (χ1) is 17.6. The molecule has 0 saturated carbocycles. The number of amides is 1. The molecule has 13 heteroatoms. The Hall–Kier alpha value is -3.58. The highest BCUT2D eigenvalue weighted by Crippen LogP contribution is 2.37. The molecule has 3 aromatic rings. The van der Waals surface area contributed by atoms with Gasteiger partial charge in [-0.2, -0.15) is 31.1 Å². The second kappa shape index (κ2) is 11.0. The van der Waals surface area contributed by atoms with Gasteiger partial charge < -0.3 is 10.1 Å². The minimum atomic E-state index is -5.13. The van der Waals surface area contributed by atoms with Gasteiger partial charge >= 0.3 is 12.4 Å². The van der Waals surface area contributed by atoms with Crippen LogP contribution in [-0.2, 0) is 33.6 Å². The first-order valence-corrected chi connectivity index (χ1v) is 12.4. The minimum Gasteiger partial charge on any atom is -0.496 e. The van der Waals surface area contributed by atoms with Crippen LogP contribution in [0.3, 0.4) is 0 Å². The smallest absolute Gasteiger partial charge is 0.416 e. The molecule has 0 aliphatic rings. The Bertz CT molecular complexity index is 1380. The number of aryl methyl sites for hydroxylation is 1. The Morgan fingerprint density at radius 2 is 1.47 bits per heavy atom. The molecule has 0 aliphatic carbocycles. The summed E-state index contributed by atoms with van der Waals surface area (Å²) < 4.78 is 113. The summed E-state index contributed by atoms with van der Waals surface area (Å²) in [5.74, 6) is -0.748. The number of hydrogen-bond acceptors (Lipinski definition) is 4. The van der Waals surface area contributed by atoms with Crippen molar-refractivity contribution >= 4 is 21.6 Å². The van der Waals surface area contributed by atoms with Gasteiger partial charge in [0.05, 0.1) is 23.1 Å². The molecule has 38 heavy (non-hydrogen) atoms. The molecule has 1 atom stereocenters. The third-order valence-corrected chi connectivity index (χ3v) is 6.90. The van der Waals surface area contributed by atoms with Gasteiger partial charge in [0.1, 0.15) is 11.8 Å². The van der Waals surface area contributed by atoms with Crippen LogP contribution in [0.4, 0.5) is 32.0 Å². The van der Waals surface area contributed by atoms with Crippen LogP contribution in [-0.4, -0.2) is 27.5 Å². The van der Waals surface area contributed by atoms with Gasteiger partial charge in [0, 0.05) is 5.69 Å². The third-order valence-electron chi connectivity index (χ3n) is 5.43. The summed E-state index contributed by atoms with van der Waals surface area (Å²) in [5, 5.41) is 2.01. The SMILES string of the molecule is COc1ccc(S(=O)(=O)NC(Cc2ccccc2)C(=O)Nc2cc(C(F)(F)F)cc(C(F)(F)F)c2)cc1C. The molecular formula is C25H22F6N2O4S. The summed E-state index contributed by atoms with van der Waals surface area (Å²) in [6, 6.07) is 11.0. The average molecular weight is 561 g/mol. The summed E-state index contributed by atoms with van der Waals surface area (Å²) in [5.41, 5.74) is -3.09. The Morgan fingerprint density at radius 3 is 1.97 bits per heavy atom. The standard InChI is InChI=1S/C25H22F6N2O4S/c1-15-10-20(8-9-22(15)37-2)38(35,36)33-21(11-16-6-4-3-5-7-16)23(34)32-19-13-17(24(26,27)28)12-18(14-19)25(29,30)31/h3-10,12-14,21,33H,11H2,1-2H3,(H,32,34). The number of methoxy groups -OCH3 is 1. The van der Waals surface area contributed by atoms with Gasteiger partial charge in [-0.25, -0.2) is 8.42 Å². The number of rotatable bonds is 8. The van der Waals surface area contributed by atoms with Crippen molar-refractivity contribution in [2.24, 2.45) is 0 Å². The van der Waals surface area contributed by atoms with Crippen LogP contribution >= 0.6 is 0 Å². The van der Waals surface area contributed by atoms with Crippen molar-refractivity contribution in [2.45, 2.75) is 36.6 Å². The van der Waals surface area contributed by atoms with Gasteiger partial charge in [-0.15, -0.1) is 0 Å². The number of ether oxygens (including phenoxy) is 1. The van der Waals surface area contributed by atoms with Crippen molar-refractivity contribution in [3.63, 3.8) is 0 Å². The highest BCUT2D eigenvalue weighted by Gasteiger charge is 2.37. The first-order valence-electron chi connectivity index (χ1n) is 10.9. The number of halogens is 6. The van der Waals surface area contributed by atoms with Crippen LogP contribution in [0.15, 0.2) is 71.6 Å². The lowest BCUT2D eigenvalue weighted by Crippen LogP contribution is -2.45. The largest absolute Gasteiger partial charge is 0.496 e. The Labute approximate surface area is 214 Å². The maximum Gasteiger partial charge on any atom is 0.416 e. The molecular weight excluding hydrogens is 538 g/mol. The van der Waals surface area contributed by atoms with Crippen molar-refractivity contribution in [1.82, 2.24) is 4.72 Å². The van der Waals surface area contributed by atoms with E-state index in [1.54, 1.807) is 37.3 Å². The molecule has 204 valence electrons. The van der Waals surface area contributed by atoms with Gasteiger partial charge in [0.25, 0.3) is 0 Å². The van der Waals surface area contributed by atoms with Crippen molar-refractivity contribution < 1.29 is 44.3 Å². The van der Waals surface area contributed by atoms with Gasteiger partial charge in [0.2, 0.25) is 15.9 Å². The van der Waals surface area contributed by atoms with E-state index in [9.17, 15) is 39.6 Å². The molecule has 6 nitrogen and oxygen atoms in total. The van der Waals surface area contributed by atoms with Gasteiger partial charge in [-0.1, -0.05) is 30.3 Å². The van der Waals surface area contributed by atoms with Crippen LogP contribution < -0.4 is 14.8 Å². The van der Waals surface area contributed by atoms with Crippen molar-refractivity contribution in [3.05, 3.63) is 89.0 Å². The van der Waals surface area contributed by atoms with Crippen LogP contribution in [0, 0.1) is 6.92 Å². The van der Waals surface area contributed by atoms with E-state index >= 15 is 0 Å². The maximum absolute atomic E-state index is 13.2. The molecule has 3 rings (SSSR count). The molecule has 0 aliphatic heterocycles. The summed E-state index contributed by atoms with van der Waals surface area (Å²) in [6.45, 7) is 1.60. The van der Waals surface area contributed by atoms with Crippen LogP contribution in [0.25, 0.3) is 0 Å². The van der Waals surface area contributed by atoms with E-state index in [-0.39, 0.29) is 17.4 Å². The molecule has 1 amide bonds. The van der Waals surface area contributed by atoms with Crippen LogP contribution in [0.1, 0.15) is 22.3 Å². The summed E-state index contributed by atoms with van der Waals surface area (Å²) in [4.78, 5) is 12.9. The normalized spacial score (nSPS) is 13.2. The first kappa shape index (κ1) is 29.0. The second-order valence-electron chi connectivity index (χ2n) is 8.28. The summed E-state index contributed by atoms with van der Waals surface area (Å²) in [7, 11) is -2.96.